The highest BCUT2D eigenvalue weighted by Gasteiger charge is 2.26. The van der Waals surface area contributed by atoms with E-state index >= 15 is 0 Å². The monoisotopic (exact) mass is 440 g/mol. The lowest BCUT2D eigenvalue weighted by atomic mass is 9.92. The van der Waals surface area contributed by atoms with Gasteiger partial charge < -0.3 is 9.64 Å². The van der Waals surface area contributed by atoms with E-state index in [4.69, 9.17) is 10.1 Å². The molecule has 8 nitrogen and oxygen atoms in total. The number of hydrogen-bond acceptors (Lipinski definition) is 6. The van der Waals surface area contributed by atoms with E-state index in [2.05, 4.69) is 29.0 Å². The van der Waals surface area contributed by atoms with Gasteiger partial charge in [-0.25, -0.2) is 4.98 Å². The number of nitrogens with one attached hydrogen (secondary N) is 2. The Balaban J connectivity index is 1.69. The smallest absolute Gasteiger partial charge is 0.233 e. The maximum atomic E-state index is 12.9. The summed E-state index contributed by atoms with van der Waals surface area (Å²) in [5.74, 6) is 2.09. The Hall–Kier alpha value is -2.81. The van der Waals surface area contributed by atoms with E-state index in [0.717, 1.165) is 30.9 Å². The van der Waals surface area contributed by atoms with Gasteiger partial charge in [-0.15, -0.1) is 0 Å². The van der Waals surface area contributed by atoms with Gasteiger partial charge in [0.15, 0.2) is 10.8 Å². The van der Waals surface area contributed by atoms with E-state index in [-0.39, 0.29) is 17.1 Å². The zero-order valence-corrected chi connectivity index (χ0v) is 19.1. The molecule has 31 heavy (non-hydrogen) atoms. The molecule has 1 saturated heterocycles. The molecule has 0 unspecified atom stereocenters. The number of ether oxygens (including phenoxy) is 1. The first kappa shape index (κ1) is 21.4. The Labute approximate surface area is 185 Å². The number of likely N-dealkylation sites (tertiary alicyclic amines) is 1. The maximum absolute atomic E-state index is 12.9. The van der Waals surface area contributed by atoms with Crippen LogP contribution in [0.25, 0.3) is 16.7 Å². The number of hydrogen-bond donors (Lipinski definition) is 2. The number of thioether (sulfide) groups is 1. The molecule has 1 aliphatic heterocycles. The maximum Gasteiger partial charge on any atom is 0.233 e. The first-order chi connectivity index (χ1) is 14.9. The lowest BCUT2D eigenvalue weighted by Crippen LogP contribution is -2.43. The summed E-state index contributed by atoms with van der Waals surface area (Å²) in [4.78, 5) is 19.6. The quantitative estimate of drug-likeness (QED) is 0.469. The summed E-state index contributed by atoms with van der Waals surface area (Å²) in [7, 11) is 1.61. The van der Waals surface area contributed by atoms with Crippen molar-refractivity contribution in [2.75, 3.05) is 26.0 Å². The van der Waals surface area contributed by atoms with E-state index < -0.39 is 0 Å². The van der Waals surface area contributed by atoms with E-state index in [9.17, 15) is 4.79 Å². The third-order valence-corrected chi connectivity index (χ3v) is 6.56. The number of aromatic amines is 1. The van der Waals surface area contributed by atoms with Crippen LogP contribution in [-0.2, 0) is 4.79 Å². The van der Waals surface area contributed by atoms with Crippen molar-refractivity contribution >= 4 is 28.7 Å². The van der Waals surface area contributed by atoms with Gasteiger partial charge in [0.05, 0.1) is 23.9 Å². The Kier molecular flexibility index (Phi) is 6.04. The number of rotatable bonds is 5. The Morgan fingerprint density at radius 1 is 1.32 bits per heavy atom. The van der Waals surface area contributed by atoms with E-state index in [1.807, 2.05) is 36.1 Å². The molecule has 0 radical (unpaired) electrons. The number of aromatic nitrogens is 4. The predicted molar refractivity (Wildman–Crippen MR) is 121 cm³/mol. The van der Waals surface area contributed by atoms with Crippen LogP contribution in [0.1, 0.15) is 26.0 Å². The number of carbonyl (C=O) groups is 1. The number of carbonyl (C=O) groups excluding carboxylic acids is 1. The molecule has 1 fully saturated rings. The van der Waals surface area contributed by atoms with Gasteiger partial charge in [0.25, 0.3) is 0 Å². The fourth-order valence-electron chi connectivity index (χ4n) is 4.30. The van der Waals surface area contributed by atoms with Crippen LogP contribution < -0.4 is 10.2 Å². The summed E-state index contributed by atoms with van der Waals surface area (Å²) >= 11 is 1.34. The first-order valence-corrected chi connectivity index (χ1v) is 11.4. The molecular formula is C22H28N6O2S. The number of H-pyrrole nitrogens is 1. The lowest BCUT2D eigenvalue weighted by Gasteiger charge is -2.35. The van der Waals surface area contributed by atoms with Crippen LogP contribution in [0.3, 0.4) is 0 Å². The van der Waals surface area contributed by atoms with Crippen molar-refractivity contribution in [1.82, 2.24) is 24.6 Å². The highest BCUT2D eigenvalue weighted by Crippen LogP contribution is 2.26. The molecule has 0 aliphatic carbocycles. The zero-order chi connectivity index (χ0) is 22.1. The SMILES string of the molecule is COc1cccc(-n2c(SCC(=O)N3C[C@H](C)C[C@H](C)C3)nc3n[nH]c(C)c3c2=N)c1. The number of benzene rings is 1. The van der Waals surface area contributed by atoms with Crippen LogP contribution >= 0.6 is 11.8 Å². The van der Waals surface area contributed by atoms with Crippen molar-refractivity contribution in [2.24, 2.45) is 11.8 Å². The van der Waals surface area contributed by atoms with Crippen LogP contribution in [0.4, 0.5) is 0 Å². The summed E-state index contributed by atoms with van der Waals surface area (Å²) in [6, 6.07) is 7.51. The molecule has 1 amide bonds. The second kappa shape index (κ2) is 8.74. The van der Waals surface area contributed by atoms with Gasteiger partial charge >= 0.3 is 0 Å². The Morgan fingerprint density at radius 3 is 2.77 bits per heavy atom. The zero-order valence-electron chi connectivity index (χ0n) is 18.3. The number of fused-ring (bicyclic) bond motifs is 1. The molecule has 164 valence electrons. The van der Waals surface area contributed by atoms with Gasteiger partial charge in [-0.2, -0.15) is 5.10 Å². The molecule has 0 spiro atoms. The first-order valence-electron chi connectivity index (χ1n) is 10.4. The van der Waals surface area contributed by atoms with Gasteiger partial charge in [0.1, 0.15) is 11.2 Å². The Bertz CT molecular complexity index is 1160. The highest BCUT2D eigenvalue weighted by atomic mass is 32.2. The number of nitrogens with zero attached hydrogens (tertiary/aromatic N) is 4. The third kappa shape index (κ3) is 4.32. The fraction of sp³-hybridized carbons (Fsp3) is 0.455. The minimum absolute atomic E-state index is 0.104. The van der Waals surface area contributed by atoms with Gasteiger partial charge in [-0.1, -0.05) is 31.7 Å². The number of amides is 1. The Morgan fingerprint density at radius 2 is 2.06 bits per heavy atom. The van der Waals surface area contributed by atoms with Crippen molar-refractivity contribution in [3.63, 3.8) is 0 Å². The van der Waals surface area contributed by atoms with Crippen LogP contribution in [0.2, 0.25) is 0 Å². The van der Waals surface area contributed by atoms with E-state index in [1.165, 1.54) is 11.8 Å². The average Bonchev–Trinajstić information content (AvgIpc) is 3.12. The highest BCUT2D eigenvalue weighted by molar-refractivity contribution is 7.99. The van der Waals surface area contributed by atoms with Gasteiger partial charge in [0.2, 0.25) is 5.91 Å². The summed E-state index contributed by atoms with van der Waals surface area (Å²) in [5, 5.41) is 17.2. The molecule has 3 heterocycles. The summed E-state index contributed by atoms with van der Waals surface area (Å²) in [6.45, 7) is 7.87. The van der Waals surface area contributed by atoms with Crippen LogP contribution in [0.5, 0.6) is 5.75 Å². The van der Waals surface area contributed by atoms with Crippen molar-refractivity contribution in [1.29, 1.82) is 5.41 Å². The minimum Gasteiger partial charge on any atom is -0.497 e. The summed E-state index contributed by atoms with van der Waals surface area (Å²) in [5.41, 5.74) is 2.30. The van der Waals surface area contributed by atoms with E-state index in [1.54, 1.807) is 11.7 Å². The topological polar surface area (TPSA) is 99.9 Å². The van der Waals surface area contributed by atoms with Gasteiger partial charge in [-0.3, -0.25) is 19.9 Å². The second-order valence-electron chi connectivity index (χ2n) is 8.36. The largest absolute Gasteiger partial charge is 0.497 e. The molecule has 4 rings (SSSR count). The molecular weight excluding hydrogens is 412 g/mol. The standard InChI is InChI=1S/C22H28N6O2S/c1-13-8-14(2)11-27(10-13)18(29)12-31-22-24-21-19(15(3)25-26-21)20(23)28(22)16-6-5-7-17(9-16)30-4/h5-7,9,13-14,23H,8,10-12H2,1-4H3,(H,25,26)/t13-,14+. The molecule has 2 atom stereocenters. The molecule has 2 N–H and O–H groups in total. The van der Waals surface area contributed by atoms with Gasteiger partial charge in [0, 0.05) is 24.8 Å². The lowest BCUT2D eigenvalue weighted by molar-refractivity contribution is -0.130. The predicted octanol–water partition coefficient (Wildman–Crippen LogP) is 3.14. The minimum atomic E-state index is 0.104. The molecule has 0 bridgehead atoms. The molecule has 2 aromatic heterocycles. The van der Waals surface area contributed by atoms with Crippen molar-refractivity contribution in [2.45, 2.75) is 32.3 Å². The van der Waals surface area contributed by atoms with Crippen molar-refractivity contribution in [3.8, 4) is 11.4 Å². The fourth-order valence-corrected chi connectivity index (χ4v) is 5.21. The second-order valence-corrected chi connectivity index (χ2v) is 9.30. The van der Waals surface area contributed by atoms with Crippen LogP contribution in [-0.4, -0.2) is 56.5 Å². The van der Waals surface area contributed by atoms with Crippen LogP contribution in [0.15, 0.2) is 29.4 Å². The summed E-state index contributed by atoms with van der Waals surface area (Å²) < 4.78 is 7.13. The summed E-state index contributed by atoms with van der Waals surface area (Å²) in [6.07, 6.45) is 1.16. The number of piperidine rings is 1. The molecule has 1 aromatic carbocycles. The number of aryl methyl sites for hydroxylation is 1. The van der Waals surface area contributed by atoms with Crippen LogP contribution in [0, 0.1) is 24.2 Å². The molecule has 3 aromatic rings. The molecule has 0 saturated carbocycles. The van der Waals surface area contributed by atoms with E-state index in [0.29, 0.717) is 33.8 Å². The number of methoxy groups -OCH3 is 1. The molecule has 1 aliphatic rings. The van der Waals surface area contributed by atoms with Gasteiger partial charge in [-0.05, 0) is 37.3 Å². The third-order valence-electron chi connectivity index (χ3n) is 5.64. The van der Waals surface area contributed by atoms with Crippen molar-refractivity contribution < 1.29 is 9.53 Å². The van der Waals surface area contributed by atoms with Crippen molar-refractivity contribution in [3.05, 3.63) is 35.4 Å². The normalized spacial score (nSPS) is 19.0. The molecule has 9 heteroatoms. The average molecular weight is 441 g/mol.